The zero-order valence-corrected chi connectivity index (χ0v) is 10.1. The molecule has 15 heavy (non-hydrogen) atoms. The summed E-state index contributed by atoms with van der Waals surface area (Å²) in [5.41, 5.74) is 5.43. The second-order valence-electron chi connectivity index (χ2n) is 3.90. The summed E-state index contributed by atoms with van der Waals surface area (Å²) in [5, 5.41) is -0.495. The van der Waals surface area contributed by atoms with Crippen LogP contribution in [0.1, 0.15) is 26.7 Å². The lowest BCUT2D eigenvalue weighted by molar-refractivity contribution is 0.116. The maximum absolute atomic E-state index is 11.8. The lowest BCUT2D eigenvalue weighted by Crippen LogP contribution is -2.46. The Balaban J connectivity index is 2.62. The van der Waals surface area contributed by atoms with Crippen molar-refractivity contribution < 1.29 is 13.2 Å². The van der Waals surface area contributed by atoms with Crippen LogP contribution < -0.4 is 10.5 Å². The lowest BCUT2D eigenvalue weighted by atomic mass is 10.2. The van der Waals surface area contributed by atoms with E-state index in [9.17, 15) is 8.42 Å². The predicted octanol–water partition coefficient (Wildman–Crippen LogP) is -0.179. The highest BCUT2D eigenvalue weighted by Crippen LogP contribution is 2.15. The summed E-state index contributed by atoms with van der Waals surface area (Å²) in [6.07, 6.45) is 1.23. The molecule has 0 aromatic heterocycles. The molecule has 1 fully saturated rings. The quantitative estimate of drug-likeness (QED) is 0.694. The molecule has 0 aliphatic carbocycles. The molecular formula is C9H20N2O3S. The van der Waals surface area contributed by atoms with Gasteiger partial charge in [0, 0.05) is 19.2 Å². The molecule has 1 heterocycles. The van der Waals surface area contributed by atoms with E-state index in [-0.39, 0.29) is 18.7 Å². The van der Waals surface area contributed by atoms with Crippen LogP contribution in [0.2, 0.25) is 0 Å². The van der Waals surface area contributed by atoms with Crippen molar-refractivity contribution in [1.82, 2.24) is 4.72 Å². The number of rotatable bonds is 5. The topological polar surface area (TPSA) is 81.4 Å². The van der Waals surface area contributed by atoms with Gasteiger partial charge in [-0.05, 0) is 19.8 Å². The fourth-order valence-electron chi connectivity index (χ4n) is 1.71. The van der Waals surface area contributed by atoms with Gasteiger partial charge in [0.25, 0.3) is 0 Å². The molecule has 1 aliphatic heterocycles. The highest BCUT2D eigenvalue weighted by Gasteiger charge is 2.31. The third kappa shape index (κ3) is 3.14. The molecule has 1 rings (SSSR count). The van der Waals surface area contributed by atoms with Crippen LogP contribution in [0.5, 0.6) is 0 Å². The Morgan fingerprint density at radius 1 is 1.60 bits per heavy atom. The first-order valence-corrected chi connectivity index (χ1v) is 6.88. The summed E-state index contributed by atoms with van der Waals surface area (Å²) in [5.74, 6) is 0. The molecule has 90 valence electrons. The minimum absolute atomic E-state index is 0.0462. The minimum atomic E-state index is -3.29. The van der Waals surface area contributed by atoms with E-state index >= 15 is 0 Å². The van der Waals surface area contributed by atoms with Crippen molar-refractivity contribution >= 4 is 10.0 Å². The summed E-state index contributed by atoms with van der Waals surface area (Å²) >= 11 is 0. The smallest absolute Gasteiger partial charge is 0.216 e. The standard InChI is InChI=1S/C9H20N2O3S/c1-3-8(6-10)15(12,13)11-9-4-5-14-7(9)2/h7-9,11H,3-6,10H2,1-2H3. The normalized spacial score (nSPS) is 29.3. The fraction of sp³-hybridized carbons (Fsp3) is 1.00. The van der Waals surface area contributed by atoms with Crippen molar-refractivity contribution in [2.75, 3.05) is 13.2 Å². The van der Waals surface area contributed by atoms with Gasteiger partial charge in [-0.3, -0.25) is 0 Å². The molecule has 1 aliphatic rings. The van der Waals surface area contributed by atoms with Crippen molar-refractivity contribution in [2.45, 2.75) is 44.1 Å². The molecule has 0 aromatic carbocycles. The molecule has 3 unspecified atom stereocenters. The molecule has 0 amide bonds. The van der Waals surface area contributed by atoms with Crippen LogP contribution in [0.4, 0.5) is 0 Å². The second-order valence-corrected chi connectivity index (χ2v) is 5.89. The Hall–Kier alpha value is -0.170. The first-order chi connectivity index (χ1) is 7.01. The molecule has 0 spiro atoms. The van der Waals surface area contributed by atoms with Crippen LogP contribution >= 0.6 is 0 Å². The molecule has 0 aromatic rings. The highest BCUT2D eigenvalue weighted by atomic mass is 32.2. The van der Waals surface area contributed by atoms with E-state index in [1.165, 1.54) is 0 Å². The average molecular weight is 236 g/mol. The summed E-state index contributed by atoms with van der Waals surface area (Å²) in [6.45, 7) is 4.48. The van der Waals surface area contributed by atoms with Crippen LogP contribution in [0.25, 0.3) is 0 Å². The number of nitrogens with two attached hydrogens (primary N) is 1. The van der Waals surface area contributed by atoms with Crippen LogP contribution in [-0.2, 0) is 14.8 Å². The van der Waals surface area contributed by atoms with E-state index < -0.39 is 15.3 Å². The molecular weight excluding hydrogens is 216 g/mol. The highest BCUT2D eigenvalue weighted by molar-refractivity contribution is 7.90. The van der Waals surface area contributed by atoms with Gasteiger partial charge in [-0.2, -0.15) is 0 Å². The van der Waals surface area contributed by atoms with E-state index in [1.54, 1.807) is 0 Å². The first-order valence-electron chi connectivity index (χ1n) is 5.34. The van der Waals surface area contributed by atoms with Gasteiger partial charge in [-0.1, -0.05) is 6.92 Å². The van der Waals surface area contributed by atoms with Crippen LogP contribution in [0.15, 0.2) is 0 Å². The Kier molecular flexibility index (Phi) is 4.51. The van der Waals surface area contributed by atoms with Crippen molar-refractivity contribution in [1.29, 1.82) is 0 Å². The Morgan fingerprint density at radius 2 is 2.27 bits per heavy atom. The van der Waals surface area contributed by atoms with Crippen molar-refractivity contribution in [2.24, 2.45) is 5.73 Å². The maximum Gasteiger partial charge on any atom is 0.216 e. The van der Waals surface area contributed by atoms with Crippen LogP contribution in [-0.4, -0.2) is 39.0 Å². The predicted molar refractivity (Wildman–Crippen MR) is 59.0 cm³/mol. The lowest BCUT2D eigenvalue weighted by Gasteiger charge is -2.20. The van der Waals surface area contributed by atoms with Gasteiger partial charge < -0.3 is 10.5 Å². The largest absolute Gasteiger partial charge is 0.377 e. The third-order valence-electron chi connectivity index (χ3n) is 2.85. The Labute approximate surface area is 91.4 Å². The van der Waals surface area contributed by atoms with Crippen LogP contribution in [0, 0.1) is 0 Å². The number of sulfonamides is 1. The van der Waals surface area contributed by atoms with Gasteiger partial charge in [-0.15, -0.1) is 0 Å². The molecule has 6 heteroatoms. The van der Waals surface area contributed by atoms with Crippen molar-refractivity contribution in [3.05, 3.63) is 0 Å². The number of hydrogen-bond donors (Lipinski definition) is 2. The van der Waals surface area contributed by atoms with Gasteiger partial charge in [0.15, 0.2) is 0 Å². The Morgan fingerprint density at radius 3 is 2.67 bits per heavy atom. The number of ether oxygens (including phenoxy) is 1. The molecule has 5 nitrogen and oxygen atoms in total. The zero-order chi connectivity index (χ0) is 11.5. The van der Waals surface area contributed by atoms with Gasteiger partial charge in [-0.25, -0.2) is 13.1 Å². The third-order valence-corrected chi connectivity index (χ3v) is 4.88. The minimum Gasteiger partial charge on any atom is -0.377 e. The summed E-state index contributed by atoms with van der Waals surface area (Å²) in [6, 6.07) is -0.101. The summed E-state index contributed by atoms with van der Waals surface area (Å²) < 4.78 is 31.7. The molecule has 0 radical (unpaired) electrons. The molecule has 0 bridgehead atoms. The maximum atomic E-state index is 11.8. The van der Waals surface area contributed by atoms with Crippen LogP contribution in [0.3, 0.4) is 0 Å². The SMILES string of the molecule is CCC(CN)S(=O)(=O)NC1CCOC1C. The first kappa shape index (κ1) is 12.9. The molecule has 3 atom stereocenters. The summed E-state index contributed by atoms with van der Waals surface area (Å²) in [4.78, 5) is 0. The van der Waals surface area contributed by atoms with Gasteiger partial charge in [0.2, 0.25) is 10.0 Å². The molecule has 3 N–H and O–H groups in total. The number of nitrogens with one attached hydrogen (secondary N) is 1. The monoisotopic (exact) mass is 236 g/mol. The van der Waals surface area contributed by atoms with E-state index in [0.717, 1.165) is 6.42 Å². The van der Waals surface area contributed by atoms with E-state index in [4.69, 9.17) is 10.5 Å². The molecule has 0 saturated carbocycles. The second kappa shape index (κ2) is 5.25. The van der Waals surface area contributed by atoms with Gasteiger partial charge in [0.1, 0.15) is 0 Å². The van der Waals surface area contributed by atoms with E-state index in [0.29, 0.717) is 13.0 Å². The zero-order valence-electron chi connectivity index (χ0n) is 9.27. The summed E-state index contributed by atoms with van der Waals surface area (Å²) in [7, 11) is -3.29. The molecule has 1 saturated heterocycles. The van der Waals surface area contributed by atoms with Crippen molar-refractivity contribution in [3.63, 3.8) is 0 Å². The average Bonchev–Trinajstić information content (AvgIpc) is 2.52. The number of hydrogen-bond acceptors (Lipinski definition) is 4. The van der Waals surface area contributed by atoms with E-state index in [2.05, 4.69) is 4.72 Å². The van der Waals surface area contributed by atoms with E-state index in [1.807, 2.05) is 13.8 Å². The van der Waals surface area contributed by atoms with Gasteiger partial charge >= 0.3 is 0 Å². The Bertz CT molecular complexity index is 288. The fourth-order valence-corrected chi connectivity index (χ4v) is 3.32. The van der Waals surface area contributed by atoms with Gasteiger partial charge in [0.05, 0.1) is 11.4 Å². The van der Waals surface area contributed by atoms with Crippen molar-refractivity contribution in [3.8, 4) is 0 Å².